The fraction of sp³-hybridized carbons (Fsp3) is 0.0667. The van der Waals surface area contributed by atoms with Gasteiger partial charge in [-0.3, -0.25) is 4.79 Å². The lowest BCUT2D eigenvalue weighted by atomic mass is 10.00. The number of benzene rings is 4. The van der Waals surface area contributed by atoms with E-state index in [0.29, 0.717) is 11.1 Å². The highest BCUT2D eigenvalue weighted by Gasteiger charge is 2.16. The highest BCUT2D eigenvalue weighted by molar-refractivity contribution is 6.09. The van der Waals surface area contributed by atoms with Gasteiger partial charge >= 0.3 is 0 Å². The zero-order valence-corrected chi connectivity index (χ0v) is 19.2. The molecular formula is C30H25N3O. The first kappa shape index (κ1) is 21.4. The van der Waals surface area contributed by atoms with Gasteiger partial charge in [0.25, 0.3) is 0 Å². The monoisotopic (exact) mass is 443 g/mol. The van der Waals surface area contributed by atoms with Crippen molar-refractivity contribution in [1.82, 2.24) is 9.97 Å². The summed E-state index contributed by atoms with van der Waals surface area (Å²) in [4.78, 5) is 23.4. The molecule has 0 fully saturated rings. The largest absolute Gasteiger partial charge is 0.378 e. The number of ketones is 1. The van der Waals surface area contributed by atoms with Crippen LogP contribution in [-0.4, -0.2) is 29.8 Å². The molecule has 0 unspecified atom stereocenters. The van der Waals surface area contributed by atoms with Crippen molar-refractivity contribution in [3.63, 3.8) is 0 Å². The molecule has 5 rings (SSSR count). The molecule has 5 aromatic rings. The van der Waals surface area contributed by atoms with Crippen LogP contribution in [0.5, 0.6) is 0 Å². The minimum atomic E-state index is 0.0155. The Morgan fingerprint density at radius 3 is 1.82 bits per heavy atom. The molecule has 4 heteroatoms. The normalized spacial score (nSPS) is 10.8. The van der Waals surface area contributed by atoms with Crippen LogP contribution >= 0.6 is 0 Å². The fourth-order valence-electron chi connectivity index (χ4n) is 3.99. The van der Waals surface area contributed by atoms with E-state index in [4.69, 9.17) is 4.98 Å². The van der Waals surface area contributed by atoms with E-state index in [-0.39, 0.29) is 5.78 Å². The number of rotatable bonds is 6. The van der Waals surface area contributed by atoms with Gasteiger partial charge in [-0.25, -0.2) is 4.98 Å². The molecule has 166 valence electrons. The van der Waals surface area contributed by atoms with Crippen molar-refractivity contribution in [1.29, 1.82) is 0 Å². The number of aromatic amines is 1. The zero-order valence-electron chi connectivity index (χ0n) is 19.2. The van der Waals surface area contributed by atoms with Gasteiger partial charge in [-0.05, 0) is 24.3 Å². The number of aromatic nitrogens is 2. The number of hydrogen-bond acceptors (Lipinski definition) is 3. The molecule has 0 atom stereocenters. The Kier molecular flexibility index (Phi) is 5.79. The highest BCUT2D eigenvalue weighted by Crippen LogP contribution is 2.33. The summed E-state index contributed by atoms with van der Waals surface area (Å²) in [6.07, 6.45) is 0. The van der Waals surface area contributed by atoms with Crippen molar-refractivity contribution in [3.8, 4) is 33.9 Å². The van der Waals surface area contributed by atoms with Crippen molar-refractivity contribution >= 4 is 11.5 Å². The van der Waals surface area contributed by atoms with Gasteiger partial charge in [-0.1, -0.05) is 84.9 Å². The van der Waals surface area contributed by atoms with E-state index in [0.717, 1.165) is 39.6 Å². The van der Waals surface area contributed by atoms with Gasteiger partial charge < -0.3 is 9.88 Å². The van der Waals surface area contributed by atoms with Crippen LogP contribution in [0.3, 0.4) is 0 Å². The molecule has 1 N–H and O–H groups in total. The number of nitrogens with zero attached hydrogens (tertiary/aromatic N) is 2. The van der Waals surface area contributed by atoms with Gasteiger partial charge in [0.05, 0.1) is 11.4 Å². The maximum Gasteiger partial charge on any atom is 0.193 e. The lowest BCUT2D eigenvalue weighted by Crippen LogP contribution is -2.07. The summed E-state index contributed by atoms with van der Waals surface area (Å²) >= 11 is 0. The number of imidazole rings is 1. The fourth-order valence-corrected chi connectivity index (χ4v) is 3.99. The molecule has 4 aromatic carbocycles. The zero-order chi connectivity index (χ0) is 23.5. The standard InChI is InChI=1S/C30H25N3O/c1-33(2)26-19-17-25(18-20-26)30-31-27(21-9-5-3-6-10-21)28(32-30)22-13-15-24(16-14-22)29(34)23-11-7-4-8-12-23/h3-20H,1-2H3,(H,31,32). The smallest absolute Gasteiger partial charge is 0.193 e. The summed E-state index contributed by atoms with van der Waals surface area (Å²) in [7, 11) is 4.05. The van der Waals surface area contributed by atoms with Crippen molar-refractivity contribution in [2.45, 2.75) is 0 Å². The molecule has 0 aliphatic heterocycles. The average Bonchev–Trinajstić information content (AvgIpc) is 3.35. The molecular weight excluding hydrogens is 418 g/mol. The van der Waals surface area contributed by atoms with E-state index in [1.807, 2.05) is 86.9 Å². The minimum Gasteiger partial charge on any atom is -0.378 e. The molecule has 0 aliphatic rings. The van der Waals surface area contributed by atoms with Crippen LogP contribution in [0.2, 0.25) is 0 Å². The van der Waals surface area contributed by atoms with Gasteiger partial charge in [-0.2, -0.15) is 0 Å². The number of carbonyl (C=O) groups excluding carboxylic acids is 1. The number of anilines is 1. The molecule has 0 saturated carbocycles. The van der Waals surface area contributed by atoms with E-state index in [2.05, 4.69) is 46.3 Å². The first-order valence-corrected chi connectivity index (χ1v) is 11.2. The molecule has 4 nitrogen and oxygen atoms in total. The molecule has 0 spiro atoms. The first-order valence-electron chi connectivity index (χ1n) is 11.2. The van der Waals surface area contributed by atoms with Crippen LogP contribution in [0.25, 0.3) is 33.9 Å². The van der Waals surface area contributed by atoms with Crippen molar-refractivity contribution < 1.29 is 4.79 Å². The molecule has 0 saturated heterocycles. The van der Waals surface area contributed by atoms with Crippen molar-refractivity contribution in [2.75, 3.05) is 19.0 Å². The van der Waals surface area contributed by atoms with Crippen LogP contribution in [0, 0.1) is 0 Å². The summed E-state index contributed by atoms with van der Waals surface area (Å²) in [6.45, 7) is 0. The van der Waals surface area contributed by atoms with E-state index in [1.54, 1.807) is 0 Å². The van der Waals surface area contributed by atoms with Gasteiger partial charge in [0, 0.05) is 47.6 Å². The Morgan fingerprint density at radius 1 is 0.647 bits per heavy atom. The third-order valence-corrected chi connectivity index (χ3v) is 5.88. The summed E-state index contributed by atoms with van der Waals surface area (Å²) in [6, 6.07) is 35.6. The number of H-pyrrole nitrogens is 1. The quantitative estimate of drug-likeness (QED) is 0.297. The molecule has 34 heavy (non-hydrogen) atoms. The average molecular weight is 444 g/mol. The first-order chi connectivity index (χ1) is 16.6. The third kappa shape index (κ3) is 4.26. The molecule has 0 aliphatic carbocycles. The van der Waals surface area contributed by atoms with Crippen molar-refractivity contribution in [3.05, 3.63) is 120 Å². The lowest BCUT2D eigenvalue weighted by molar-refractivity contribution is 0.103. The second-order valence-corrected chi connectivity index (χ2v) is 8.39. The maximum absolute atomic E-state index is 12.8. The molecule has 1 aromatic heterocycles. The Hall–Kier alpha value is -4.44. The Labute approximate surface area is 199 Å². The molecule has 1 heterocycles. The number of carbonyl (C=O) groups is 1. The maximum atomic E-state index is 12.8. The topological polar surface area (TPSA) is 49.0 Å². The minimum absolute atomic E-state index is 0.0155. The Morgan fingerprint density at radius 2 is 1.21 bits per heavy atom. The van der Waals surface area contributed by atoms with E-state index >= 15 is 0 Å². The van der Waals surface area contributed by atoms with Crippen LogP contribution in [0.15, 0.2) is 109 Å². The summed E-state index contributed by atoms with van der Waals surface area (Å²) in [5.74, 6) is 0.824. The Bertz CT molecular complexity index is 1400. The van der Waals surface area contributed by atoms with Gasteiger partial charge in [-0.15, -0.1) is 0 Å². The van der Waals surface area contributed by atoms with Gasteiger partial charge in [0.1, 0.15) is 5.82 Å². The highest BCUT2D eigenvalue weighted by atomic mass is 16.1. The Balaban J connectivity index is 1.54. The second-order valence-electron chi connectivity index (χ2n) is 8.39. The molecule has 0 amide bonds. The van der Waals surface area contributed by atoms with Crippen LogP contribution in [-0.2, 0) is 0 Å². The summed E-state index contributed by atoms with van der Waals surface area (Å²) in [5, 5.41) is 0. The number of nitrogens with one attached hydrogen (secondary N) is 1. The predicted molar refractivity (Wildman–Crippen MR) is 139 cm³/mol. The molecule has 0 bridgehead atoms. The van der Waals surface area contributed by atoms with Gasteiger partial charge in [0.15, 0.2) is 5.78 Å². The summed E-state index contributed by atoms with van der Waals surface area (Å²) in [5.41, 5.74) is 7.33. The van der Waals surface area contributed by atoms with Crippen LogP contribution in [0.1, 0.15) is 15.9 Å². The van der Waals surface area contributed by atoms with E-state index in [1.165, 1.54) is 0 Å². The summed E-state index contributed by atoms with van der Waals surface area (Å²) < 4.78 is 0. The predicted octanol–water partition coefficient (Wildman–Crippen LogP) is 6.71. The number of hydrogen-bond donors (Lipinski definition) is 1. The van der Waals surface area contributed by atoms with Gasteiger partial charge in [0.2, 0.25) is 0 Å². The van der Waals surface area contributed by atoms with Crippen molar-refractivity contribution in [2.24, 2.45) is 0 Å². The van der Waals surface area contributed by atoms with E-state index in [9.17, 15) is 4.79 Å². The van der Waals surface area contributed by atoms with Crippen LogP contribution in [0.4, 0.5) is 5.69 Å². The van der Waals surface area contributed by atoms with E-state index < -0.39 is 0 Å². The third-order valence-electron chi connectivity index (χ3n) is 5.88. The SMILES string of the molecule is CN(C)c1ccc(-c2nc(-c3ccccc3)c(-c3ccc(C(=O)c4ccccc4)cc3)[nH]2)cc1. The molecule has 0 radical (unpaired) electrons. The van der Waals surface area contributed by atoms with Crippen LogP contribution < -0.4 is 4.90 Å². The second kappa shape index (κ2) is 9.20. The lowest BCUT2D eigenvalue weighted by Gasteiger charge is -2.12.